The molecule has 1 aliphatic heterocycles. The van der Waals surface area contributed by atoms with Gasteiger partial charge in [-0.2, -0.15) is 0 Å². The number of halogens is 1. The lowest BCUT2D eigenvalue weighted by atomic mass is 9.99. The van der Waals surface area contributed by atoms with Crippen LogP contribution in [0.3, 0.4) is 0 Å². The van der Waals surface area contributed by atoms with Crippen LogP contribution in [0.2, 0.25) is 0 Å². The van der Waals surface area contributed by atoms with Gasteiger partial charge in [-0.25, -0.2) is 4.39 Å². The van der Waals surface area contributed by atoms with E-state index in [2.05, 4.69) is 5.32 Å². The normalized spacial score (nSPS) is 30.3. The minimum atomic E-state index is -0.0980. The summed E-state index contributed by atoms with van der Waals surface area (Å²) >= 11 is 1.62. The molecule has 2 nitrogen and oxygen atoms in total. The third kappa shape index (κ3) is 2.67. The second-order valence-electron chi connectivity index (χ2n) is 5.49. The lowest BCUT2D eigenvalue weighted by Gasteiger charge is -2.31. The van der Waals surface area contributed by atoms with Crippen LogP contribution in [0.4, 0.5) is 4.39 Å². The largest absolute Gasteiger partial charge is 0.396 e. The van der Waals surface area contributed by atoms with Gasteiger partial charge in [-0.15, -0.1) is 11.8 Å². The molecule has 3 atom stereocenters. The summed E-state index contributed by atoms with van der Waals surface area (Å²) in [4.78, 5) is 0.810. The van der Waals surface area contributed by atoms with Crippen molar-refractivity contribution >= 4 is 11.8 Å². The van der Waals surface area contributed by atoms with E-state index in [1.165, 1.54) is 6.42 Å². The highest BCUT2D eigenvalue weighted by atomic mass is 32.2. The molecule has 3 rings (SSSR count). The number of aliphatic hydroxyl groups is 1. The smallest absolute Gasteiger partial charge is 0.137 e. The van der Waals surface area contributed by atoms with Crippen LogP contribution < -0.4 is 5.32 Å². The van der Waals surface area contributed by atoms with Gasteiger partial charge in [0.1, 0.15) is 5.82 Å². The maximum atomic E-state index is 13.8. The number of benzene rings is 1. The van der Waals surface area contributed by atoms with Crippen LogP contribution >= 0.6 is 11.8 Å². The molecule has 3 unspecified atom stereocenters. The summed E-state index contributed by atoms with van der Waals surface area (Å²) in [7, 11) is 0. The quantitative estimate of drug-likeness (QED) is 0.893. The standard InChI is InChI=1S/C15H20FNOS/c16-12-5-2-4-11-14(7-8-19-15(11)12)17-13-6-1-3-10(13)9-18/h2,4-5,10,13-14,17-18H,1,3,6-9H2. The van der Waals surface area contributed by atoms with Gasteiger partial charge in [0.2, 0.25) is 0 Å². The molecule has 1 aromatic rings. The van der Waals surface area contributed by atoms with Crippen LogP contribution in [-0.4, -0.2) is 23.5 Å². The van der Waals surface area contributed by atoms with E-state index in [-0.39, 0.29) is 18.5 Å². The summed E-state index contributed by atoms with van der Waals surface area (Å²) in [6, 6.07) is 6.00. The van der Waals surface area contributed by atoms with E-state index in [4.69, 9.17) is 0 Å². The van der Waals surface area contributed by atoms with Crippen LogP contribution in [-0.2, 0) is 0 Å². The van der Waals surface area contributed by atoms with Gasteiger partial charge in [-0.05, 0) is 42.6 Å². The molecular formula is C15H20FNOS. The van der Waals surface area contributed by atoms with Crippen LogP contribution in [0.5, 0.6) is 0 Å². The SMILES string of the molecule is OCC1CCCC1NC1CCSc2c(F)cccc21. The number of hydrogen-bond donors (Lipinski definition) is 2. The fraction of sp³-hybridized carbons (Fsp3) is 0.600. The Kier molecular flexibility index (Phi) is 4.10. The van der Waals surface area contributed by atoms with Crippen molar-refractivity contribution in [2.45, 2.75) is 42.7 Å². The van der Waals surface area contributed by atoms with Crippen molar-refractivity contribution in [3.8, 4) is 0 Å². The Balaban J connectivity index is 1.78. The molecular weight excluding hydrogens is 261 g/mol. The average molecular weight is 281 g/mol. The summed E-state index contributed by atoms with van der Waals surface area (Å²) in [5.74, 6) is 1.23. The second-order valence-corrected chi connectivity index (χ2v) is 6.60. The molecule has 104 valence electrons. The zero-order valence-electron chi connectivity index (χ0n) is 10.9. The van der Waals surface area contributed by atoms with Crippen LogP contribution in [0.25, 0.3) is 0 Å². The van der Waals surface area contributed by atoms with Gasteiger partial charge in [-0.3, -0.25) is 0 Å². The third-order valence-electron chi connectivity index (χ3n) is 4.33. The Morgan fingerprint density at radius 3 is 3.05 bits per heavy atom. The fourth-order valence-electron chi connectivity index (χ4n) is 3.29. The van der Waals surface area contributed by atoms with E-state index in [1.54, 1.807) is 23.9 Å². The molecule has 2 N–H and O–H groups in total. The van der Waals surface area contributed by atoms with Crippen LogP contribution in [0.1, 0.15) is 37.3 Å². The number of aliphatic hydroxyl groups excluding tert-OH is 1. The molecule has 1 aliphatic carbocycles. The van der Waals surface area contributed by atoms with Crippen molar-refractivity contribution in [3.05, 3.63) is 29.6 Å². The molecule has 1 fully saturated rings. The lowest BCUT2D eigenvalue weighted by Crippen LogP contribution is -2.38. The van der Waals surface area contributed by atoms with Gasteiger partial charge < -0.3 is 10.4 Å². The molecule has 0 amide bonds. The number of fused-ring (bicyclic) bond motifs is 1. The van der Waals surface area contributed by atoms with E-state index in [1.807, 2.05) is 6.07 Å². The maximum absolute atomic E-state index is 13.8. The van der Waals surface area contributed by atoms with Crippen molar-refractivity contribution in [2.24, 2.45) is 5.92 Å². The van der Waals surface area contributed by atoms with Gasteiger partial charge in [-0.1, -0.05) is 18.6 Å². The third-order valence-corrected chi connectivity index (χ3v) is 5.49. The van der Waals surface area contributed by atoms with E-state index in [9.17, 15) is 9.50 Å². The van der Waals surface area contributed by atoms with Gasteiger partial charge >= 0.3 is 0 Å². The summed E-state index contributed by atoms with van der Waals surface area (Å²) in [6.07, 6.45) is 4.45. The first-order chi connectivity index (χ1) is 9.29. The number of nitrogens with one attached hydrogen (secondary N) is 1. The first-order valence-electron chi connectivity index (χ1n) is 7.07. The van der Waals surface area contributed by atoms with Crippen molar-refractivity contribution in [1.82, 2.24) is 5.32 Å². The van der Waals surface area contributed by atoms with E-state index >= 15 is 0 Å². The number of rotatable bonds is 3. The molecule has 0 saturated heterocycles. The van der Waals surface area contributed by atoms with E-state index < -0.39 is 0 Å². The van der Waals surface area contributed by atoms with E-state index in [0.717, 1.165) is 35.5 Å². The predicted octanol–water partition coefficient (Wildman–Crippen LogP) is 3.11. The van der Waals surface area contributed by atoms with Gasteiger partial charge in [0.25, 0.3) is 0 Å². The highest BCUT2D eigenvalue weighted by Crippen LogP contribution is 2.39. The molecule has 0 bridgehead atoms. The highest BCUT2D eigenvalue weighted by Gasteiger charge is 2.31. The molecule has 1 aromatic carbocycles. The Bertz CT molecular complexity index is 454. The minimum Gasteiger partial charge on any atom is -0.396 e. The molecule has 0 radical (unpaired) electrons. The van der Waals surface area contributed by atoms with Gasteiger partial charge in [0.15, 0.2) is 0 Å². The monoisotopic (exact) mass is 281 g/mol. The van der Waals surface area contributed by atoms with Gasteiger partial charge in [0, 0.05) is 23.6 Å². The predicted molar refractivity (Wildman–Crippen MR) is 75.8 cm³/mol. The Labute approximate surface area is 117 Å². The van der Waals surface area contributed by atoms with Crippen LogP contribution in [0, 0.1) is 11.7 Å². The first-order valence-corrected chi connectivity index (χ1v) is 8.06. The van der Waals surface area contributed by atoms with E-state index in [0.29, 0.717) is 12.0 Å². The second kappa shape index (κ2) is 5.81. The fourth-order valence-corrected chi connectivity index (χ4v) is 4.43. The summed E-state index contributed by atoms with van der Waals surface area (Å²) in [5, 5.41) is 13.1. The first kappa shape index (κ1) is 13.4. The number of thioether (sulfide) groups is 1. The Morgan fingerprint density at radius 2 is 2.21 bits per heavy atom. The number of hydrogen-bond acceptors (Lipinski definition) is 3. The molecule has 2 aliphatic rings. The highest BCUT2D eigenvalue weighted by molar-refractivity contribution is 7.99. The van der Waals surface area contributed by atoms with Crippen molar-refractivity contribution < 1.29 is 9.50 Å². The molecule has 1 heterocycles. The summed E-state index contributed by atoms with van der Waals surface area (Å²) < 4.78 is 13.8. The van der Waals surface area contributed by atoms with Gasteiger partial charge in [0.05, 0.1) is 0 Å². The molecule has 4 heteroatoms. The summed E-state index contributed by atoms with van der Waals surface area (Å²) in [5.41, 5.74) is 1.10. The Morgan fingerprint density at radius 1 is 1.32 bits per heavy atom. The van der Waals surface area contributed by atoms with Crippen LogP contribution in [0.15, 0.2) is 23.1 Å². The summed E-state index contributed by atoms with van der Waals surface area (Å²) in [6.45, 7) is 0.259. The zero-order chi connectivity index (χ0) is 13.2. The van der Waals surface area contributed by atoms with Crippen molar-refractivity contribution in [3.63, 3.8) is 0 Å². The minimum absolute atomic E-state index is 0.0980. The maximum Gasteiger partial charge on any atom is 0.137 e. The molecule has 0 aromatic heterocycles. The Hall–Kier alpha value is -0.580. The zero-order valence-corrected chi connectivity index (χ0v) is 11.8. The average Bonchev–Trinajstić information content (AvgIpc) is 2.87. The topological polar surface area (TPSA) is 32.3 Å². The molecule has 0 spiro atoms. The molecule has 1 saturated carbocycles. The van der Waals surface area contributed by atoms with Crippen molar-refractivity contribution in [1.29, 1.82) is 0 Å². The lowest BCUT2D eigenvalue weighted by molar-refractivity contribution is 0.198. The van der Waals surface area contributed by atoms with Crippen molar-refractivity contribution in [2.75, 3.05) is 12.4 Å². The molecule has 19 heavy (non-hydrogen) atoms.